The summed E-state index contributed by atoms with van der Waals surface area (Å²) in [6.07, 6.45) is -8.72. The Morgan fingerprint density at radius 3 is 1.56 bits per heavy atom. The Morgan fingerprint density at radius 1 is 0.760 bits per heavy atom. The van der Waals surface area contributed by atoms with Gasteiger partial charge in [-0.3, -0.25) is 0 Å². The standard InChI is InChI=1S/C15H20F6O3Si/c1-22-25(23-2,24-3)7-5-4-6-11-8-12(14(16,17)18)10-13(9-11)15(19,20)21/h8-10H,4-7H2,1-3H3. The molecule has 1 rings (SSSR count). The van der Waals surface area contributed by atoms with E-state index in [1.54, 1.807) is 0 Å². The number of rotatable bonds is 8. The highest BCUT2D eigenvalue weighted by Crippen LogP contribution is 2.36. The van der Waals surface area contributed by atoms with Crippen molar-refractivity contribution in [2.24, 2.45) is 0 Å². The third kappa shape index (κ3) is 6.28. The van der Waals surface area contributed by atoms with Gasteiger partial charge in [-0.25, -0.2) is 0 Å². The number of hydrogen-bond donors (Lipinski definition) is 0. The average molecular weight is 390 g/mol. The minimum atomic E-state index is -4.83. The molecule has 0 heterocycles. The predicted octanol–water partition coefficient (Wildman–Crippen LogP) is 4.93. The van der Waals surface area contributed by atoms with E-state index >= 15 is 0 Å². The van der Waals surface area contributed by atoms with Crippen LogP contribution in [0.15, 0.2) is 18.2 Å². The first-order valence-corrected chi connectivity index (χ1v) is 9.34. The monoisotopic (exact) mass is 390 g/mol. The quantitative estimate of drug-likeness (QED) is 0.358. The van der Waals surface area contributed by atoms with E-state index in [2.05, 4.69) is 0 Å². The van der Waals surface area contributed by atoms with Crippen molar-refractivity contribution in [1.82, 2.24) is 0 Å². The molecular weight excluding hydrogens is 370 g/mol. The highest BCUT2D eigenvalue weighted by molar-refractivity contribution is 6.60. The summed E-state index contributed by atoms with van der Waals surface area (Å²) in [6, 6.07) is 2.05. The van der Waals surface area contributed by atoms with E-state index in [4.69, 9.17) is 13.3 Å². The van der Waals surface area contributed by atoms with Crippen LogP contribution in [0.4, 0.5) is 26.3 Å². The number of aryl methyl sites for hydroxylation is 1. The van der Waals surface area contributed by atoms with Gasteiger partial charge in [-0.05, 0) is 43.0 Å². The fourth-order valence-corrected chi connectivity index (χ4v) is 4.19. The van der Waals surface area contributed by atoms with Crippen molar-refractivity contribution >= 4 is 8.80 Å². The molecule has 10 heteroatoms. The van der Waals surface area contributed by atoms with E-state index in [0.29, 0.717) is 18.9 Å². The van der Waals surface area contributed by atoms with Gasteiger partial charge in [0.25, 0.3) is 0 Å². The zero-order valence-corrected chi connectivity index (χ0v) is 15.1. The molecule has 144 valence electrons. The summed E-state index contributed by atoms with van der Waals surface area (Å²) < 4.78 is 92.5. The van der Waals surface area contributed by atoms with Crippen molar-refractivity contribution in [2.75, 3.05) is 21.3 Å². The summed E-state index contributed by atoms with van der Waals surface area (Å²) in [7, 11) is 1.50. The molecule has 25 heavy (non-hydrogen) atoms. The van der Waals surface area contributed by atoms with Crippen LogP contribution in [0.1, 0.15) is 29.5 Å². The Labute approximate surface area is 143 Å². The highest BCUT2D eigenvalue weighted by atomic mass is 28.4. The van der Waals surface area contributed by atoms with Gasteiger partial charge < -0.3 is 13.3 Å². The smallest absolute Gasteiger partial charge is 0.377 e. The third-order valence-electron chi connectivity index (χ3n) is 3.78. The molecule has 0 aliphatic heterocycles. The summed E-state index contributed by atoms with van der Waals surface area (Å²) in [5.74, 6) is 0. The molecular formula is C15H20F6O3Si. The van der Waals surface area contributed by atoms with Crippen LogP contribution in [0.2, 0.25) is 6.04 Å². The van der Waals surface area contributed by atoms with Crippen LogP contribution in [-0.4, -0.2) is 30.1 Å². The topological polar surface area (TPSA) is 27.7 Å². The fraction of sp³-hybridized carbons (Fsp3) is 0.600. The zero-order valence-electron chi connectivity index (χ0n) is 14.1. The van der Waals surface area contributed by atoms with Gasteiger partial charge in [0.1, 0.15) is 0 Å². The molecule has 0 spiro atoms. The predicted molar refractivity (Wildman–Crippen MR) is 81.0 cm³/mol. The van der Waals surface area contributed by atoms with Gasteiger partial charge in [0.15, 0.2) is 0 Å². The maximum absolute atomic E-state index is 12.8. The van der Waals surface area contributed by atoms with Crippen LogP contribution in [0.5, 0.6) is 0 Å². The molecule has 0 bridgehead atoms. The molecule has 1 aromatic carbocycles. The maximum atomic E-state index is 12.8. The van der Waals surface area contributed by atoms with Crippen LogP contribution in [0, 0.1) is 0 Å². The van der Waals surface area contributed by atoms with Crippen molar-refractivity contribution < 1.29 is 39.6 Å². The average Bonchev–Trinajstić information content (AvgIpc) is 2.54. The second kappa shape index (κ2) is 8.52. The fourth-order valence-electron chi connectivity index (χ4n) is 2.39. The maximum Gasteiger partial charge on any atom is 0.500 e. The molecule has 0 aliphatic carbocycles. The minimum absolute atomic E-state index is 0.0123. The first-order valence-electron chi connectivity index (χ1n) is 7.41. The zero-order chi connectivity index (χ0) is 19.3. The molecule has 0 aliphatic rings. The normalized spacial score (nSPS) is 13.3. The van der Waals surface area contributed by atoms with Gasteiger partial charge >= 0.3 is 21.2 Å². The van der Waals surface area contributed by atoms with E-state index in [1.807, 2.05) is 0 Å². The van der Waals surface area contributed by atoms with Gasteiger partial charge in [0.2, 0.25) is 0 Å². The number of unbranched alkanes of at least 4 members (excludes halogenated alkanes) is 1. The van der Waals surface area contributed by atoms with Gasteiger partial charge in [-0.1, -0.05) is 0 Å². The first-order chi connectivity index (χ1) is 11.5. The Bertz CT molecular complexity index is 515. The van der Waals surface area contributed by atoms with Crippen LogP contribution >= 0.6 is 0 Å². The summed E-state index contributed by atoms with van der Waals surface area (Å²) in [4.78, 5) is 0. The van der Waals surface area contributed by atoms with Crippen molar-refractivity contribution in [3.8, 4) is 0 Å². The Morgan fingerprint density at radius 2 is 1.20 bits per heavy atom. The Balaban J connectivity index is 2.85. The van der Waals surface area contributed by atoms with Crippen molar-refractivity contribution in [3.05, 3.63) is 34.9 Å². The Hall–Kier alpha value is -1.10. The van der Waals surface area contributed by atoms with E-state index in [-0.39, 0.29) is 18.1 Å². The molecule has 0 unspecified atom stereocenters. The highest BCUT2D eigenvalue weighted by Gasteiger charge is 2.38. The lowest BCUT2D eigenvalue weighted by Gasteiger charge is -2.24. The summed E-state index contributed by atoms with van der Waals surface area (Å²) in [6.45, 7) is 0. The second-order valence-electron chi connectivity index (χ2n) is 5.42. The van der Waals surface area contributed by atoms with Crippen LogP contribution in [-0.2, 0) is 32.1 Å². The molecule has 0 saturated heterocycles. The molecule has 3 nitrogen and oxygen atoms in total. The minimum Gasteiger partial charge on any atom is -0.377 e. The molecule has 0 amide bonds. The van der Waals surface area contributed by atoms with Crippen LogP contribution < -0.4 is 0 Å². The Kier molecular flexibility index (Phi) is 7.48. The van der Waals surface area contributed by atoms with Crippen LogP contribution in [0.3, 0.4) is 0 Å². The summed E-state index contributed by atoms with van der Waals surface area (Å²) in [5, 5.41) is 0. The molecule has 0 radical (unpaired) electrons. The second-order valence-corrected chi connectivity index (χ2v) is 8.51. The number of halogens is 6. The van der Waals surface area contributed by atoms with Gasteiger partial charge in [-0.15, -0.1) is 0 Å². The molecule has 0 aromatic heterocycles. The summed E-state index contributed by atoms with van der Waals surface area (Å²) in [5.41, 5.74) is -2.61. The van der Waals surface area contributed by atoms with E-state index in [9.17, 15) is 26.3 Å². The SMILES string of the molecule is CO[Si](CCCCc1cc(C(F)(F)F)cc(C(F)(F)F)c1)(OC)OC. The van der Waals surface area contributed by atoms with Crippen molar-refractivity contribution in [3.63, 3.8) is 0 Å². The van der Waals surface area contributed by atoms with Gasteiger partial charge in [-0.2, -0.15) is 26.3 Å². The lowest BCUT2D eigenvalue weighted by molar-refractivity contribution is -0.143. The van der Waals surface area contributed by atoms with Crippen molar-refractivity contribution in [2.45, 2.75) is 37.7 Å². The molecule has 0 atom stereocenters. The first kappa shape index (κ1) is 21.9. The molecule has 1 aromatic rings. The van der Waals surface area contributed by atoms with E-state index < -0.39 is 32.3 Å². The van der Waals surface area contributed by atoms with E-state index in [1.165, 1.54) is 21.3 Å². The molecule has 0 fully saturated rings. The number of hydrogen-bond acceptors (Lipinski definition) is 3. The molecule has 0 N–H and O–H groups in total. The number of benzene rings is 1. The lowest BCUT2D eigenvalue weighted by atomic mass is 10.0. The largest absolute Gasteiger partial charge is 0.500 e. The van der Waals surface area contributed by atoms with Crippen molar-refractivity contribution in [1.29, 1.82) is 0 Å². The lowest BCUT2D eigenvalue weighted by Crippen LogP contribution is -2.42. The van der Waals surface area contributed by atoms with Gasteiger partial charge in [0.05, 0.1) is 11.1 Å². The number of alkyl halides is 6. The summed E-state index contributed by atoms with van der Waals surface area (Å²) >= 11 is 0. The van der Waals surface area contributed by atoms with Crippen LogP contribution in [0.25, 0.3) is 0 Å². The van der Waals surface area contributed by atoms with E-state index in [0.717, 1.165) is 12.1 Å². The van der Waals surface area contributed by atoms with Gasteiger partial charge in [0, 0.05) is 27.4 Å². The third-order valence-corrected chi connectivity index (χ3v) is 6.61. The molecule has 0 saturated carbocycles.